The Morgan fingerprint density at radius 3 is 2.77 bits per heavy atom. The maximum atomic E-state index is 5.12. The quantitative estimate of drug-likeness (QED) is 0.271. The molecule has 2 N–H and O–H groups in total. The van der Waals surface area contributed by atoms with Crippen molar-refractivity contribution in [3.8, 4) is 0 Å². The van der Waals surface area contributed by atoms with Gasteiger partial charge >= 0.3 is 0 Å². The van der Waals surface area contributed by atoms with Crippen LogP contribution in [0.4, 0.5) is 0 Å². The molecule has 1 aliphatic heterocycles. The van der Waals surface area contributed by atoms with Gasteiger partial charge in [-0.2, -0.15) is 0 Å². The van der Waals surface area contributed by atoms with E-state index < -0.39 is 0 Å². The zero-order chi connectivity index (χ0) is 15.5. The Morgan fingerprint density at radius 2 is 2.14 bits per heavy atom. The van der Waals surface area contributed by atoms with E-state index in [0.717, 1.165) is 18.5 Å². The average Bonchev–Trinajstić information content (AvgIpc) is 2.47. The van der Waals surface area contributed by atoms with Crippen LogP contribution >= 0.6 is 24.0 Å². The average molecular weight is 426 g/mol. The Balaban J connectivity index is 0.00000441. The Hall–Kier alpha value is -0.0800. The van der Waals surface area contributed by atoms with Crippen molar-refractivity contribution in [2.45, 2.75) is 58.0 Å². The summed E-state index contributed by atoms with van der Waals surface area (Å²) in [5, 5.41) is 6.69. The molecule has 0 aromatic carbocycles. The summed E-state index contributed by atoms with van der Waals surface area (Å²) in [4.78, 5) is 6.87. The zero-order valence-corrected chi connectivity index (χ0v) is 17.1. The lowest BCUT2D eigenvalue weighted by Gasteiger charge is -2.33. The highest BCUT2D eigenvalue weighted by molar-refractivity contribution is 14.0. The number of nitrogens with one attached hydrogen (secondary N) is 2. The van der Waals surface area contributed by atoms with E-state index in [4.69, 9.17) is 4.74 Å². The van der Waals surface area contributed by atoms with Crippen LogP contribution in [0.15, 0.2) is 4.99 Å². The molecule has 132 valence electrons. The molecule has 0 radical (unpaired) electrons. The van der Waals surface area contributed by atoms with Gasteiger partial charge in [0.25, 0.3) is 0 Å². The van der Waals surface area contributed by atoms with E-state index in [-0.39, 0.29) is 30.0 Å². The van der Waals surface area contributed by atoms with Crippen LogP contribution < -0.4 is 10.6 Å². The molecule has 2 atom stereocenters. The number of nitrogens with zero attached hydrogens (tertiary/aromatic N) is 2. The molecule has 1 fully saturated rings. The van der Waals surface area contributed by atoms with Gasteiger partial charge in [0.2, 0.25) is 0 Å². The van der Waals surface area contributed by atoms with Crippen molar-refractivity contribution < 1.29 is 4.74 Å². The molecule has 1 saturated heterocycles. The lowest BCUT2D eigenvalue weighted by molar-refractivity contribution is 0.158. The third-order valence-corrected chi connectivity index (χ3v) is 4.13. The summed E-state index contributed by atoms with van der Waals surface area (Å²) in [7, 11) is 3.53. The summed E-state index contributed by atoms with van der Waals surface area (Å²) in [5.74, 6) is 0.867. The third-order valence-electron chi connectivity index (χ3n) is 4.13. The standard InChI is InChI=1S/C16H34N4O.HI/c1-14(13-21-4)19-16(17-3)18-10-6-8-12-20-11-7-5-9-15(20)2;/h14-15H,5-13H2,1-4H3,(H2,17,18,19);1H. The van der Waals surface area contributed by atoms with Gasteiger partial charge in [-0.05, 0) is 52.6 Å². The van der Waals surface area contributed by atoms with Crippen molar-refractivity contribution in [2.75, 3.05) is 40.4 Å². The molecule has 0 aliphatic carbocycles. The second kappa shape index (κ2) is 13.4. The Kier molecular flexibility index (Phi) is 13.3. The summed E-state index contributed by atoms with van der Waals surface area (Å²) in [6, 6.07) is 1.05. The molecule has 1 heterocycles. The van der Waals surface area contributed by atoms with Crippen molar-refractivity contribution in [1.82, 2.24) is 15.5 Å². The Morgan fingerprint density at radius 1 is 1.36 bits per heavy atom. The normalized spacial score (nSPS) is 21.1. The van der Waals surface area contributed by atoms with Crippen LogP contribution in [0.5, 0.6) is 0 Å². The number of hydrogen-bond donors (Lipinski definition) is 2. The molecule has 0 saturated carbocycles. The first-order valence-corrected chi connectivity index (χ1v) is 8.37. The number of rotatable bonds is 8. The molecule has 0 amide bonds. The SMILES string of the molecule is CN=C(NCCCCN1CCCCC1C)NC(C)COC.I. The van der Waals surface area contributed by atoms with Crippen LogP contribution in [0.25, 0.3) is 0 Å². The molecule has 0 aromatic rings. The number of unbranched alkanes of at least 4 members (excludes halogenated alkanes) is 1. The summed E-state index contributed by atoms with van der Waals surface area (Å²) < 4.78 is 5.12. The van der Waals surface area contributed by atoms with Gasteiger partial charge in [-0.15, -0.1) is 24.0 Å². The van der Waals surface area contributed by atoms with Crippen molar-refractivity contribution in [1.29, 1.82) is 0 Å². The smallest absolute Gasteiger partial charge is 0.191 e. The monoisotopic (exact) mass is 426 g/mol. The molecular formula is C16H35IN4O. The minimum atomic E-state index is 0. The number of likely N-dealkylation sites (tertiary alicyclic amines) is 1. The first-order chi connectivity index (χ1) is 10.2. The fraction of sp³-hybridized carbons (Fsp3) is 0.938. The lowest BCUT2D eigenvalue weighted by atomic mass is 10.0. The molecule has 6 heteroatoms. The van der Waals surface area contributed by atoms with E-state index in [1.54, 1.807) is 7.11 Å². The molecule has 0 aromatic heterocycles. The number of ether oxygens (including phenoxy) is 1. The topological polar surface area (TPSA) is 48.9 Å². The number of hydrogen-bond acceptors (Lipinski definition) is 3. The predicted molar refractivity (Wildman–Crippen MR) is 105 cm³/mol. The van der Waals surface area contributed by atoms with Crippen LogP contribution in [-0.2, 0) is 4.74 Å². The fourth-order valence-corrected chi connectivity index (χ4v) is 2.86. The number of methoxy groups -OCH3 is 1. The lowest BCUT2D eigenvalue weighted by Crippen LogP contribution is -2.44. The van der Waals surface area contributed by atoms with Crippen molar-refractivity contribution in [3.05, 3.63) is 0 Å². The zero-order valence-electron chi connectivity index (χ0n) is 14.7. The highest BCUT2D eigenvalue weighted by Crippen LogP contribution is 2.16. The van der Waals surface area contributed by atoms with Gasteiger partial charge in [-0.1, -0.05) is 6.42 Å². The summed E-state index contributed by atoms with van der Waals surface area (Å²) in [5.41, 5.74) is 0. The number of piperidine rings is 1. The number of halogens is 1. The highest BCUT2D eigenvalue weighted by atomic mass is 127. The predicted octanol–water partition coefficient (Wildman–Crippen LogP) is 2.46. The maximum Gasteiger partial charge on any atom is 0.191 e. The first-order valence-electron chi connectivity index (χ1n) is 8.37. The summed E-state index contributed by atoms with van der Waals surface area (Å²) in [6.07, 6.45) is 6.58. The minimum Gasteiger partial charge on any atom is -0.383 e. The van der Waals surface area contributed by atoms with E-state index in [0.29, 0.717) is 6.61 Å². The summed E-state index contributed by atoms with van der Waals surface area (Å²) >= 11 is 0. The first kappa shape index (κ1) is 21.9. The highest BCUT2D eigenvalue weighted by Gasteiger charge is 2.16. The summed E-state index contributed by atoms with van der Waals surface area (Å²) in [6.45, 7) is 8.63. The van der Waals surface area contributed by atoms with Gasteiger partial charge in [0.1, 0.15) is 0 Å². The molecule has 5 nitrogen and oxygen atoms in total. The number of guanidine groups is 1. The molecular weight excluding hydrogens is 391 g/mol. The molecule has 0 bridgehead atoms. The fourth-order valence-electron chi connectivity index (χ4n) is 2.86. The van der Waals surface area contributed by atoms with Gasteiger partial charge in [0, 0.05) is 32.8 Å². The van der Waals surface area contributed by atoms with Gasteiger partial charge in [-0.25, -0.2) is 0 Å². The van der Waals surface area contributed by atoms with E-state index in [9.17, 15) is 0 Å². The van der Waals surface area contributed by atoms with Crippen LogP contribution in [0.3, 0.4) is 0 Å². The third kappa shape index (κ3) is 9.15. The van der Waals surface area contributed by atoms with E-state index in [1.807, 2.05) is 7.05 Å². The van der Waals surface area contributed by atoms with Crippen LogP contribution in [0.1, 0.15) is 46.0 Å². The van der Waals surface area contributed by atoms with E-state index in [2.05, 4.69) is 34.4 Å². The van der Waals surface area contributed by atoms with Crippen molar-refractivity contribution >= 4 is 29.9 Å². The molecule has 2 unspecified atom stereocenters. The minimum absolute atomic E-state index is 0. The van der Waals surface area contributed by atoms with Crippen LogP contribution in [0.2, 0.25) is 0 Å². The Labute approximate surface area is 153 Å². The van der Waals surface area contributed by atoms with Gasteiger partial charge in [-0.3, -0.25) is 4.99 Å². The second-order valence-corrected chi connectivity index (χ2v) is 6.09. The van der Waals surface area contributed by atoms with Gasteiger partial charge in [0.05, 0.1) is 6.61 Å². The second-order valence-electron chi connectivity index (χ2n) is 6.09. The van der Waals surface area contributed by atoms with E-state index >= 15 is 0 Å². The van der Waals surface area contributed by atoms with Gasteiger partial charge < -0.3 is 20.3 Å². The van der Waals surface area contributed by atoms with Crippen LogP contribution in [-0.4, -0.2) is 63.3 Å². The Bertz CT molecular complexity index is 302. The maximum absolute atomic E-state index is 5.12. The molecule has 1 rings (SSSR count). The van der Waals surface area contributed by atoms with Crippen molar-refractivity contribution in [2.24, 2.45) is 4.99 Å². The molecule has 0 spiro atoms. The van der Waals surface area contributed by atoms with Crippen molar-refractivity contribution in [3.63, 3.8) is 0 Å². The number of aliphatic imine (C=N–C) groups is 1. The molecule has 22 heavy (non-hydrogen) atoms. The van der Waals surface area contributed by atoms with Crippen LogP contribution in [0, 0.1) is 0 Å². The van der Waals surface area contributed by atoms with Gasteiger partial charge in [0.15, 0.2) is 5.96 Å². The van der Waals surface area contributed by atoms with E-state index in [1.165, 1.54) is 45.2 Å². The largest absolute Gasteiger partial charge is 0.383 e. The molecule has 1 aliphatic rings.